The van der Waals surface area contributed by atoms with Gasteiger partial charge in [-0.1, -0.05) is 26.0 Å². The zero-order valence-corrected chi connectivity index (χ0v) is 21.3. The first-order chi connectivity index (χ1) is 16.3. The lowest BCUT2D eigenvalue weighted by molar-refractivity contribution is -0.152. The highest BCUT2D eigenvalue weighted by atomic mass is 16.6. The van der Waals surface area contributed by atoms with Crippen molar-refractivity contribution in [2.45, 2.75) is 77.6 Å². The lowest BCUT2D eigenvalue weighted by Crippen LogP contribution is -2.58. The molecule has 10 nitrogen and oxygen atoms in total. The first kappa shape index (κ1) is 27.9. The average molecular weight is 492 g/mol. The Labute approximate surface area is 206 Å². The first-order valence-electron chi connectivity index (χ1n) is 11.8. The fraction of sp³-hybridized carbons (Fsp3) is 0.600. The fourth-order valence-corrected chi connectivity index (χ4v) is 3.88. The lowest BCUT2D eigenvalue weighted by Gasteiger charge is -2.31. The second-order valence-corrected chi connectivity index (χ2v) is 10.0. The normalized spacial score (nSPS) is 17.5. The molecule has 0 spiro atoms. The Balaban J connectivity index is 2.23. The summed E-state index contributed by atoms with van der Waals surface area (Å²) < 4.78 is 10.1. The first-order valence-corrected chi connectivity index (χ1v) is 11.8. The smallest absolute Gasteiger partial charge is 0.408 e. The van der Waals surface area contributed by atoms with Crippen molar-refractivity contribution >= 4 is 23.9 Å². The number of rotatable bonds is 8. The quantitative estimate of drug-likeness (QED) is 0.474. The summed E-state index contributed by atoms with van der Waals surface area (Å²) in [6.07, 6.45) is 0.502. The molecule has 0 saturated carbocycles. The van der Waals surface area contributed by atoms with Gasteiger partial charge in [0.15, 0.2) is 0 Å². The van der Waals surface area contributed by atoms with Crippen molar-refractivity contribution in [3.05, 3.63) is 29.8 Å². The summed E-state index contributed by atoms with van der Waals surface area (Å²) in [7, 11) is 1.28. The van der Waals surface area contributed by atoms with E-state index in [0.29, 0.717) is 24.9 Å². The number of amides is 3. The van der Waals surface area contributed by atoms with Crippen LogP contribution in [0.1, 0.15) is 53.0 Å². The van der Waals surface area contributed by atoms with E-state index in [4.69, 9.17) is 9.47 Å². The van der Waals surface area contributed by atoms with Crippen LogP contribution in [0.3, 0.4) is 0 Å². The van der Waals surface area contributed by atoms with E-state index in [0.717, 1.165) is 0 Å². The molecule has 0 bridgehead atoms. The van der Waals surface area contributed by atoms with Crippen LogP contribution < -0.4 is 10.6 Å². The highest BCUT2D eigenvalue weighted by Gasteiger charge is 2.40. The molecule has 0 aromatic heterocycles. The van der Waals surface area contributed by atoms with Crippen molar-refractivity contribution in [2.75, 3.05) is 13.7 Å². The van der Waals surface area contributed by atoms with Crippen molar-refractivity contribution in [1.82, 2.24) is 15.5 Å². The van der Waals surface area contributed by atoms with Crippen LogP contribution in [0.4, 0.5) is 4.79 Å². The van der Waals surface area contributed by atoms with E-state index < -0.39 is 41.7 Å². The molecule has 0 unspecified atom stereocenters. The summed E-state index contributed by atoms with van der Waals surface area (Å²) in [6, 6.07) is 3.62. The predicted molar refractivity (Wildman–Crippen MR) is 128 cm³/mol. The van der Waals surface area contributed by atoms with Gasteiger partial charge in [0.1, 0.15) is 29.5 Å². The summed E-state index contributed by atoms with van der Waals surface area (Å²) in [5.74, 6) is -1.62. The SMILES string of the molecule is COC(=O)[C@@H]1CCCN1C(=O)[C@@H](NC(=O)[C@H](Cc1ccc(O)cc1)NC(=O)OC(C)(C)C)C(C)C. The number of ether oxygens (including phenoxy) is 2. The number of phenolic OH excluding ortho intramolecular Hbond substituents is 1. The van der Waals surface area contributed by atoms with E-state index in [1.807, 2.05) is 0 Å². The van der Waals surface area contributed by atoms with Gasteiger partial charge in [0, 0.05) is 13.0 Å². The molecule has 3 N–H and O–H groups in total. The third kappa shape index (κ3) is 8.15. The number of alkyl carbamates (subject to hydrolysis) is 1. The molecular weight excluding hydrogens is 454 g/mol. The van der Waals surface area contributed by atoms with Gasteiger partial charge in [-0.2, -0.15) is 0 Å². The molecule has 1 aromatic carbocycles. The predicted octanol–water partition coefficient (Wildman–Crippen LogP) is 2.13. The van der Waals surface area contributed by atoms with Crippen LogP contribution in [-0.4, -0.2) is 71.3 Å². The van der Waals surface area contributed by atoms with Crippen LogP contribution in [-0.2, 0) is 30.3 Å². The molecule has 10 heteroatoms. The van der Waals surface area contributed by atoms with E-state index in [1.165, 1.54) is 24.1 Å². The van der Waals surface area contributed by atoms with Gasteiger partial charge in [0.25, 0.3) is 0 Å². The monoisotopic (exact) mass is 491 g/mol. The van der Waals surface area contributed by atoms with Gasteiger partial charge in [0.2, 0.25) is 11.8 Å². The topological polar surface area (TPSA) is 134 Å². The van der Waals surface area contributed by atoms with Gasteiger partial charge in [-0.15, -0.1) is 0 Å². The number of nitrogens with zero attached hydrogens (tertiary/aromatic N) is 1. The third-order valence-corrected chi connectivity index (χ3v) is 5.62. The maximum Gasteiger partial charge on any atom is 0.408 e. The number of phenols is 1. The summed E-state index contributed by atoms with van der Waals surface area (Å²) in [6.45, 7) is 9.12. The molecule has 2 rings (SSSR count). The van der Waals surface area contributed by atoms with Crippen molar-refractivity contribution in [3.8, 4) is 5.75 Å². The molecule has 1 aromatic rings. The number of nitrogens with one attached hydrogen (secondary N) is 2. The summed E-state index contributed by atoms with van der Waals surface area (Å²) >= 11 is 0. The molecule has 3 atom stereocenters. The Hall–Kier alpha value is -3.30. The molecular formula is C25H37N3O7. The van der Waals surface area contributed by atoms with Gasteiger partial charge in [-0.3, -0.25) is 9.59 Å². The number of esters is 1. The van der Waals surface area contributed by atoms with Crippen molar-refractivity contribution in [3.63, 3.8) is 0 Å². The van der Waals surface area contributed by atoms with Crippen molar-refractivity contribution in [1.29, 1.82) is 0 Å². The van der Waals surface area contributed by atoms with E-state index in [2.05, 4.69) is 10.6 Å². The zero-order valence-electron chi connectivity index (χ0n) is 21.3. The summed E-state index contributed by atoms with van der Waals surface area (Å²) in [5, 5.41) is 14.9. The van der Waals surface area contributed by atoms with Crippen molar-refractivity contribution < 1.29 is 33.8 Å². The van der Waals surface area contributed by atoms with Crippen LogP contribution in [0.2, 0.25) is 0 Å². The minimum atomic E-state index is -1.04. The number of hydrogen-bond donors (Lipinski definition) is 3. The van der Waals surface area contributed by atoms with E-state index in [1.54, 1.807) is 46.8 Å². The molecule has 1 saturated heterocycles. The Morgan fingerprint density at radius 1 is 1.11 bits per heavy atom. The number of benzene rings is 1. The molecule has 1 fully saturated rings. The molecule has 3 amide bonds. The number of methoxy groups -OCH3 is 1. The number of carbonyl (C=O) groups excluding carboxylic acids is 4. The number of hydrogen-bond acceptors (Lipinski definition) is 7. The Morgan fingerprint density at radius 2 is 1.74 bits per heavy atom. The standard InChI is InChI=1S/C25H37N3O7/c1-15(2)20(22(31)28-13-7-8-19(28)23(32)34-6)27-21(30)18(26-24(33)35-25(3,4)5)14-16-9-11-17(29)12-10-16/h9-12,15,18-20,29H,7-8,13-14H2,1-6H3,(H,26,33)(H,27,30)/t18-,19-,20-/m0/s1. The minimum absolute atomic E-state index is 0.0751. The number of carbonyl (C=O) groups is 4. The van der Waals surface area contributed by atoms with Crippen LogP contribution in [0.5, 0.6) is 5.75 Å². The van der Waals surface area contributed by atoms with Crippen LogP contribution >= 0.6 is 0 Å². The van der Waals surface area contributed by atoms with Crippen molar-refractivity contribution in [2.24, 2.45) is 5.92 Å². The van der Waals surface area contributed by atoms with Gasteiger partial charge >= 0.3 is 12.1 Å². The second-order valence-electron chi connectivity index (χ2n) is 10.0. The lowest BCUT2D eigenvalue weighted by atomic mass is 10.00. The minimum Gasteiger partial charge on any atom is -0.508 e. The maximum absolute atomic E-state index is 13.3. The Kier molecular flexibility index (Phi) is 9.50. The van der Waals surface area contributed by atoms with Gasteiger partial charge in [-0.05, 0) is 57.2 Å². The molecule has 0 aliphatic carbocycles. The van der Waals surface area contributed by atoms with E-state index in [-0.39, 0.29) is 24.0 Å². The number of aromatic hydroxyl groups is 1. The van der Waals surface area contributed by atoms with Crippen LogP contribution in [0.25, 0.3) is 0 Å². The summed E-state index contributed by atoms with van der Waals surface area (Å²) in [4.78, 5) is 52.7. The molecule has 194 valence electrons. The highest BCUT2D eigenvalue weighted by Crippen LogP contribution is 2.21. The van der Waals surface area contributed by atoms with Crippen LogP contribution in [0, 0.1) is 5.92 Å². The molecule has 0 radical (unpaired) electrons. The third-order valence-electron chi connectivity index (χ3n) is 5.62. The van der Waals surface area contributed by atoms with Gasteiger partial charge in [0.05, 0.1) is 7.11 Å². The zero-order chi connectivity index (χ0) is 26.3. The Morgan fingerprint density at radius 3 is 2.29 bits per heavy atom. The summed E-state index contributed by atoms with van der Waals surface area (Å²) in [5.41, 5.74) is -0.0737. The van der Waals surface area contributed by atoms with E-state index >= 15 is 0 Å². The largest absolute Gasteiger partial charge is 0.508 e. The average Bonchev–Trinajstić information content (AvgIpc) is 3.25. The molecule has 1 aliphatic heterocycles. The second kappa shape index (κ2) is 11.9. The van der Waals surface area contributed by atoms with Gasteiger partial charge in [-0.25, -0.2) is 9.59 Å². The Bertz CT molecular complexity index is 909. The van der Waals surface area contributed by atoms with Crippen LogP contribution in [0.15, 0.2) is 24.3 Å². The molecule has 35 heavy (non-hydrogen) atoms. The maximum atomic E-state index is 13.3. The van der Waals surface area contributed by atoms with E-state index in [9.17, 15) is 24.3 Å². The van der Waals surface area contributed by atoms with Gasteiger partial charge < -0.3 is 30.1 Å². The number of likely N-dealkylation sites (tertiary alicyclic amines) is 1. The fourth-order valence-electron chi connectivity index (χ4n) is 3.88. The molecule has 1 aliphatic rings. The highest BCUT2D eigenvalue weighted by molar-refractivity contribution is 5.93. The molecule has 1 heterocycles.